The third kappa shape index (κ3) is 2.50. The molecule has 120 valence electrons. The van der Waals surface area contributed by atoms with Gasteiger partial charge in [-0.3, -0.25) is 14.5 Å². The van der Waals surface area contributed by atoms with E-state index in [0.29, 0.717) is 17.7 Å². The molecule has 0 radical (unpaired) electrons. The minimum absolute atomic E-state index is 0.209. The van der Waals surface area contributed by atoms with Crippen LogP contribution in [0.3, 0.4) is 0 Å². The molecule has 0 bridgehead atoms. The third-order valence-corrected chi connectivity index (χ3v) is 4.59. The molecular formula is C20H18N2O2. The Balaban J connectivity index is 1.44. The number of imide groups is 1. The third-order valence-electron chi connectivity index (χ3n) is 4.59. The smallest absolute Gasteiger partial charge is 0.263 e. The number of hydrogen-bond donors (Lipinski definition) is 0. The Morgan fingerprint density at radius 3 is 2.29 bits per heavy atom. The summed E-state index contributed by atoms with van der Waals surface area (Å²) >= 11 is 0. The van der Waals surface area contributed by atoms with Crippen LogP contribution in [0.1, 0.15) is 33.6 Å². The number of rotatable bonds is 3. The Kier molecular flexibility index (Phi) is 3.65. The van der Waals surface area contributed by atoms with E-state index in [0.717, 1.165) is 12.8 Å². The molecule has 0 aromatic heterocycles. The van der Waals surface area contributed by atoms with Crippen LogP contribution in [0.4, 0.5) is 0 Å². The van der Waals surface area contributed by atoms with E-state index in [-0.39, 0.29) is 18.5 Å². The monoisotopic (exact) mass is 318 g/mol. The van der Waals surface area contributed by atoms with Gasteiger partial charge in [-0.25, -0.2) is 0 Å². The molecule has 4 heteroatoms. The van der Waals surface area contributed by atoms with Crippen LogP contribution < -0.4 is 0 Å². The lowest BCUT2D eigenvalue weighted by atomic mass is 9.96. The molecule has 4 rings (SSSR count). The van der Waals surface area contributed by atoms with Crippen LogP contribution in [0, 0.1) is 0 Å². The summed E-state index contributed by atoms with van der Waals surface area (Å²) in [5, 5.41) is 0. The van der Waals surface area contributed by atoms with Crippen molar-refractivity contribution in [2.24, 2.45) is 0 Å². The first-order valence-corrected chi connectivity index (χ1v) is 8.16. The minimum Gasteiger partial charge on any atom is -0.356 e. The summed E-state index contributed by atoms with van der Waals surface area (Å²) in [5.41, 5.74) is 3.57. The molecule has 2 aliphatic heterocycles. The maximum absolute atomic E-state index is 12.4. The number of hydrogen-bond acceptors (Lipinski definition) is 3. The van der Waals surface area contributed by atoms with E-state index < -0.39 is 0 Å². The van der Waals surface area contributed by atoms with E-state index >= 15 is 0 Å². The Bertz CT molecular complexity index is 795. The van der Waals surface area contributed by atoms with Crippen LogP contribution in [0.25, 0.3) is 0 Å². The summed E-state index contributed by atoms with van der Waals surface area (Å²) in [7, 11) is 0. The SMILES string of the molecule is O=C1c2ccccc2C(=O)N1CN1C=CC(C2=CCC=CC2)=CC1. The van der Waals surface area contributed by atoms with Crippen molar-refractivity contribution in [3.8, 4) is 0 Å². The Morgan fingerprint density at radius 1 is 0.958 bits per heavy atom. The summed E-state index contributed by atoms with van der Waals surface area (Å²) in [6, 6.07) is 7.00. The van der Waals surface area contributed by atoms with Crippen LogP contribution in [-0.4, -0.2) is 34.8 Å². The van der Waals surface area contributed by atoms with Crippen molar-refractivity contribution in [1.29, 1.82) is 0 Å². The molecular weight excluding hydrogens is 300 g/mol. The van der Waals surface area contributed by atoms with Gasteiger partial charge in [-0.05, 0) is 42.2 Å². The largest absolute Gasteiger partial charge is 0.356 e. The van der Waals surface area contributed by atoms with Crippen molar-refractivity contribution in [3.05, 3.63) is 83.1 Å². The van der Waals surface area contributed by atoms with Crippen molar-refractivity contribution < 1.29 is 9.59 Å². The van der Waals surface area contributed by atoms with Gasteiger partial charge in [-0.2, -0.15) is 0 Å². The first-order chi connectivity index (χ1) is 11.7. The molecule has 3 aliphatic rings. The minimum atomic E-state index is -0.209. The van der Waals surface area contributed by atoms with Gasteiger partial charge in [0.25, 0.3) is 11.8 Å². The number of carbonyl (C=O) groups is 2. The molecule has 2 heterocycles. The highest BCUT2D eigenvalue weighted by molar-refractivity contribution is 6.21. The second-order valence-corrected chi connectivity index (χ2v) is 6.11. The molecule has 0 spiro atoms. The Hall–Kier alpha value is -2.88. The second-order valence-electron chi connectivity index (χ2n) is 6.11. The van der Waals surface area contributed by atoms with Crippen LogP contribution in [0.2, 0.25) is 0 Å². The molecule has 0 fully saturated rings. The van der Waals surface area contributed by atoms with Crippen LogP contribution in [-0.2, 0) is 0 Å². The van der Waals surface area contributed by atoms with Gasteiger partial charge in [0.2, 0.25) is 0 Å². The van der Waals surface area contributed by atoms with E-state index in [1.165, 1.54) is 16.0 Å². The van der Waals surface area contributed by atoms with Gasteiger partial charge in [-0.15, -0.1) is 0 Å². The van der Waals surface area contributed by atoms with Crippen LogP contribution in [0.5, 0.6) is 0 Å². The first kappa shape index (κ1) is 14.7. The van der Waals surface area contributed by atoms with Gasteiger partial charge in [0, 0.05) is 12.7 Å². The topological polar surface area (TPSA) is 40.6 Å². The van der Waals surface area contributed by atoms with Gasteiger partial charge in [-0.1, -0.05) is 36.4 Å². The predicted octanol–water partition coefficient (Wildman–Crippen LogP) is 3.27. The zero-order valence-electron chi connectivity index (χ0n) is 13.3. The summed E-state index contributed by atoms with van der Waals surface area (Å²) in [6.45, 7) is 0.978. The highest BCUT2D eigenvalue weighted by Crippen LogP contribution is 2.25. The maximum atomic E-state index is 12.4. The van der Waals surface area contributed by atoms with Gasteiger partial charge < -0.3 is 4.90 Å². The Morgan fingerprint density at radius 2 is 1.71 bits per heavy atom. The van der Waals surface area contributed by atoms with Gasteiger partial charge in [0.05, 0.1) is 11.1 Å². The van der Waals surface area contributed by atoms with Crippen molar-refractivity contribution in [1.82, 2.24) is 9.80 Å². The molecule has 1 aromatic carbocycles. The number of carbonyl (C=O) groups excluding carboxylic acids is 2. The number of fused-ring (bicyclic) bond motifs is 1. The van der Waals surface area contributed by atoms with E-state index in [9.17, 15) is 9.59 Å². The molecule has 2 amide bonds. The fourth-order valence-electron chi connectivity index (χ4n) is 3.26. The lowest BCUT2D eigenvalue weighted by molar-refractivity contribution is 0.0587. The molecule has 0 saturated heterocycles. The molecule has 0 unspecified atom stereocenters. The average molecular weight is 318 g/mol. The van der Waals surface area contributed by atoms with E-state index in [1.54, 1.807) is 24.3 Å². The highest BCUT2D eigenvalue weighted by Gasteiger charge is 2.35. The van der Waals surface area contributed by atoms with E-state index in [2.05, 4.69) is 30.4 Å². The number of benzene rings is 1. The normalized spacial score (nSPS) is 19.5. The highest BCUT2D eigenvalue weighted by atomic mass is 16.2. The number of amides is 2. The van der Waals surface area contributed by atoms with Crippen LogP contribution >= 0.6 is 0 Å². The summed E-state index contributed by atoms with van der Waals surface area (Å²) < 4.78 is 0. The van der Waals surface area contributed by atoms with E-state index in [4.69, 9.17) is 0 Å². The van der Waals surface area contributed by atoms with Gasteiger partial charge in [0.1, 0.15) is 6.67 Å². The first-order valence-electron chi connectivity index (χ1n) is 8.16. The van der Waals surface area contributed by atoms with Crippen molar-refractivity contribution in [2.45, 2.75) is 12.8 Å². The molecule has 0 saturated carbocycles. The Labute approximate surface area is 141 Å². The summed E-state index contributed by atoms with van der Waals surface area (Å²) in [4.78, 5) is 28.1. The number of nitrogens with zero attached hydrogens (tertiary/aromatic N) is 2. The molecule has 1 aliphatic carbocycles. The van der Waals surface area contributed by atoms with Gasteiger partial charge >= 0.3 is 0 Å². The molecule has 24 heavy (non-hydrogen) atoms. The fraction of sp³-hybridized carbons (Fsp3) is 0.200. The van der Waals surface area contributed by atoms with E-state index in [1.807, 2.05) is 11.1 Å². The molecule has 0 N–H and O–H groups in total. The van der Waals surface area contributed by atoms with Crippen molar-refractivity contribution >= 4 is 11.8 Å². The predicted molar refractivity (Wildman–Crippen MR) is 92.2 cm³/mol. The van der Waals surface area contributed by atoms with Crippen LogP contribution in [0.15, 0.2) is 72.0 Å². The summed E-state index contributed by atoms with van der Waals surface area (Å²) in [6.07, 6.45) is 14.7. The zero-order valence-corrected chi connectivity index (χ0v) is 13.3. The average Bonchev–Trinajstić information content (AvgIpc) is 2.88. The van der Waals surface area contributed by atoms with Crippen molar-refractivity contribution in [3.63, 3.8) is 0 Å². The maximum Gasteiger partial charge on any atom is 0.263 e. The lowest BCUT2D eigenvalue weighted by Gasteiger charge is -2.27. The quantitative estimate of drug-likeness (QED) is 0.634. The molecule has 4 nitrogen and oxygen atoms in total. The molecule has 1 aromatic rings. The molecule has 0 atom stereocenters. The number of allylic oxidation sites excluding steroid dienone is 6. The summed E-state index contributed by atoms with van der Waals surface area (Å²) in [5.74, 6) is -0.419. The zero-order chi connectivity index (χ0) is 16.5. The van der Waals surface area contributed by atoms with Crippen molar-refractivity contribution in [2.75, 3.05) is 13.2 Å². The standard InChI is InChI=1S/C20H18N2O2/c23-19-17-8-4-5-9-18(17)20(24)22(19)14-21-12-10-16(11-13-21)15-6-2-1-3-7-15/h1-2,4-5,7-12H,3,6,13-14H2. The van der Waals surface area contributed by atoms with Gasteiger partial charge in [0.15, 0.2) is 0 Å². The lowest BCUT2D eigenvalue weighted by Crippen LogP contribution is -2.39. The fourth-order valence-corrected chi connectivity index (χ4v) is 3.26. The second kappa shape index (κ2) is 5.96.